The maximum atomic E-state index is 12.5. The average Bonchev–Trinajstić information content (AvgIpc) is 2.92. The van der Waals surface area contributed by atoms with Crippen LogP contribution < -0.4 is 5.32 Å². The van der Waals surface area contributed by atoms with Gasteiger partial charge >= 0.3 is 6.18 Å². The fourth-order valence-electron chi connectivity index (χ4n) is 3.59. The lowest BCUT2D eigenvalue weighted by atomic mass is 9.96. The van der Waals surface area contributed by atoms with Gasteiger partial charge in [-0.05, 0) is 38.0 Å². The average molecular weight is 306 g/mol. The first kappa shape index (κ1) is 14.2. The Morgan fingerprint density at radius 2 is 2.15 bits per heavy atom. The summed E-state index contributed by atoms with van der Waals surface area (Å²) in [5, 5.41) is 2.90. The number of alkyl halides is 3. The summed E-state index contributed by atoms with van der Waals surface area (Å²) < 4.78 is 36.2. The molecule has 2 aliphatic carbocycles. The Bertz CT molecular complexity index is 465. The van der Waals surface area contributed by atoms with Crippen molar-refractivity contribution in [1.82, 2.24) is 5.32 Å². The summed E-state index contributed by atoms with van der Waals surface area (Å²) in [7, 11) is 0. The summed E-state index contributed by atoms with van der Waals surface area (Å²) >= 11 is 0.932. The van der Waals surface area contributed by atoms with Crippen molar-refractivity contribution in [3.8, 4) is 0 Å². The molecular formula is C13H17F3N2OS. The number of amidine groups is 1. The number of carbonyl (C=O) groups is 1. The lowest BCUT2D eigenvalue weighted by Crippen LogP contribution is -2.37. The van der Waals surface area contributed by atoms with E-state index in [4.69, 9.17) is 0 Å². The highest BCUT2D eigenvalue weighted by Gasteiger charge is 2.50. The van der Waals surface area contributed by atoms with Crippen molar-refractivity contribution in [2.24, 2.45) is 16.8 Å². The fraction of sp³-hybridized carbons (Fsp3) is 0.846. The number of hydrogen-bond acceptors (Lipinski definition) is 3. The number of halogens is 3. The maximum Gasteiger partial charge on any atom is 0.390 e. The third-order valence-electron chi connectivity index (χ3n) is 4.54. The highest BCUT2D eigenvalue weighted by Crippen LogP contribution is 2.47. The van der Waals surface area contributed by atoms with Gasteiger partial charge in [0.1, 0.15) is 4.75 Å². The second-order valence-corrected chi connectivity index (χ2v) is 7.75. The van der Waals surface area contributed by atoms with Crippen molar-refractivity contribution < 1.29 is 18.0 Å². The molecule has 3 rings (SSSR count). The first-order chi connectivity index (χ1) is 9.25. The molecule has 112 valence electrons. The van der Waals surface area contributed by atoms with Gasteiger partial charge in [0.25, 0.3) is 0 Å². The normalized spacial score (nSPS) is 42.5. The zero-order valence-corrected chi connectivity index (χ0v) is 12.0. The van der Waals surface area contributed by atoms with E-state index >= 15 is 0 Å². The highest BCUT2D eigenvalue weighted by molar-refractivity contribution is 8.16. The zero-order chi connectivity index (χ0) is 14.5. The molecule has 2 saturated carbocycles. The van der Waals surface area contributed by atoms with E-state index in [9.17, 15) is 18.0 Å². The van der Waals surface area contributed by atoms with Crippen LogP contribution in [0, 0.1) is 11.8 Å². The van der Waals surface area contributed by atoms with E-state index in [0.717, 1.165) is 30.5 Å². The third kappa shape index (κ3) is 2.69. The fourth-order valence-corrected chi connectivity index (χ4v) is 4.73. The van der Waals surface area contributed by atoms with Crippen molar-refractivity contribution in [2.75, 3.05) is 0 Å². The molecule has 0 radical (unpaired) electrons. The van der Waals surface area contributed by atoms with Gasteiger partial charge in [0.15, 0.2) is 5.17 Å². The number of aliphatic imine (C=N–C) groups is 1. The van der Waals surface area contributed by atoms with Gasteiger partial charge in [-0.15, -0.1) is 0 Å². The van der Waals surface area contributed by atoms with Crippen molar-refractivity contribution in [3.63, 3.8) is 0 Å². The number of hydrogen-bond donors (Lipinski definition) is 1. The lowest BCUT2D eigenvalue weighted by molar-refractivity contribution is -0.148. The predicted octanol–water partition coefficient (Wildman–Crippen LogP) is 3.11. The summed E-state index contributed by atoms with van der Waals surface area (Å²) in [5.74, 6) is 0.694. The van der Waals surface area contributed by atoms with Gasteiger partial charge in [-0.2, -0.15) is 13.2 Å². The molecule has 1 N–H and O–H groups in total. The van der Waals surface area contributed by atoms with Crippen LogP contribution in [0.3, 0.4) is 0 Å². The molecule has 0 aromatic carbocycles. The minimum absolute atomic E-state index is 0.185. The van der Waals surface area contributed by atoms with Crippen molar-refractivity contribution in [1.29, 1.82) is 0 Å². The van der Waals surface area contributed by atoms with Crippen LogP contribution in [0.25, 0.3) is 0 Å². The van der Waals surface area contributed by atoms with Gasteiger partial charge in [-0.25, -0.2) is 0 Å². The molecule has 7 heteroatoms. The molecule has 1 saturated heterocycles. The summed E-state index contributed by atoms with van der Waals surface area (Å²) in [5.41, 5.74) is 0. The van der Waals surface area contributed by atoms with Gasteiger partial charge in [0.2, 0.25) is 5.91 Å². The Balaban J connectivity index is 1.70. The molecule has 0 aromatic rings. The van der Waals surface area contributed by atoms with Crippen LogP contribution >= 0.6 is 11.8 Å². The van der Waals surface area contributed by atoms with Crippen LogP contribution in [-0.2, 0) is 4.79 Å². The molecule has 1 amide bonds. The number of thioether (sulfide) groups is 1. The van der Waals surface area contributed by atoms with E-state index in [0.29, 0.717) is 11.1 Å². The second-order valence-electron chi connectivity index (χ2n) is 6.26. The molecule has 20 heavy (non-hydrogen) atoms. The molecule has 1 aliphatic heterocycles. The maximum absolute atomic E-state index is 12.5. The van der Waals surface area contributed by atoms with Gasteiger partial charge in [0, 0.05) is 0 Å². The van der Waals surface area contributed by atoms with E-state index in [2.05, 4.69) is 10.3 Å². The number of amides is 1. The third-order valence-corrected chi connectivity index (χ3v) is 5.73. The number of nitrogens with one attached hydrogen (secondary N) is 1. The minimum Gasteiger partial charge on any atom is -0.304 e. The summed E-state index contributed by atoms with van der Waals surface area (Å²) in [6, 6.07) is 0.185. The lowest BCUT2D eigenvalue weighted by Gasteiger charge is -2.20. The Morgan fingerprint density at radius 1 is 1.40 bits per heavy atom. The molecule has 0 aromatic heterocycles. The Hall–Kier alpha value is -0.720. The number of carbonyl (C=O) groups excluding carboxylic acids is 1. The number of rotatable bonds is 2. The quantitative estimate of drug-likeness (QED) is 0.851. The van der Waals surface area contributed by atoms with Crippen LogP contribution in [0.15, 0.2) is 4.99 Å². The summed E-state index contributed by atoms with van der Waals surface area (Å²) in [4.78, 5) is 16.3. The topological polar surface area (TPSA) is 41.5 Å². The molecule has 1 heterocycles. The monoisotopic (exact) mass is 306 g/mol. The Kier molecular flexibility index (Phi) is 3.30. The first-order valence-electron chi connectivity index (χ1n) is 6.90. The molecule has 3 fully saturated rings. The van der Waals surface area contributed by atoms with Gasteiger partial charge in [-0.3, -0.25) is 9.79 Å². The van der Waals surface area contributed by atoms with Crippen molar-refractivity contribution >= 4 is 22.8 Å². The molecule has 0 unspecified atom stereocenters. The van der Waals surface area contributed by atoms with Crippen LogP contribution in [0.2, 0.25) is 0 Å². The minimum atomic E-state index is -4.35. The molecule has 4 atom stereocenters. The first-order valence-corrected chi connectivity index (χ1v) is 7.72. The van der Waals surface area contributed by atoms with E-state index in [-0.39, 0.29) is 6.04 Å². The van der Waals surface area contributed by atoms with Gasteiger partial charge in [0.05, 0.1) is 12.5 Å². The van der Waals surface area contributed by atoms with Crippen LogP contribution in [-0.4, -0.2) is 28.0 Å². The number of fused-ring (bicyclic) bond motifs is 2. The van der Waals surface area contributed by atoms with E-state index in [1.54, 1.807) is 0 Å². The molecular weight excluding hydrogens is 289 g/mol. The van der Waals surface area contributed by atoms with Crippen LogP contribution in [0.5, 0.6) is 0 Å². The zero-order valence-electron chi connectivity index (χ0n) is 11.2. The van der Waals surface area contributed by atoms with Gasteiger partial charge < -0.3 is 5.32 Å². The van der Waals surface area contributed by atoms with Crippen LogP contribution in [0.1, 0.15) is 39.0 Å². The SMILES string of the molecule is C[C@]1(CC(F)(F)F)SC(=N[C@H]2C[C@@H]3CC[C@H]2C3)NC1=O. The molecule has 0 spiro atoms. The van der Waals surface area contributed by atoms with E-state index in [1.165, 1.54) is 19.8 Å². The Labute approximate surface area is 119 Å². The Morgan fingerprint density at radius 3 is 2.70 bits per heavy atom. The second kappa shape index (κ2) is 4.64. The van der Waals surface area contributed by atoms with E-state index in [1.807, 2.05) is 0 Å². The molecule has 2 bridgehead atoms. The van der Waals surface area contributed by atoms with Crippen molar-refractivity contribution in [3.05, 3.63) is 0 Å². The smallest absolute Gasteiger partial charge is 0.304 e. The van der Waals surface area contributed by atoms with E-state index < -0.39 is 23.3 Å². The molecule has 3 aliphatic rings. The molecule has 3 nitrogen and oxygen atoms in total. The van der Waals surface area contributed by atoms with Crippen molar-refractivity contribution in [2.45, 2.75) is 56.0 Å². The standard InChI is InChI=1S/C13H17F3N2OS/c1-12(6-13(14,15)16)10(19)18-11(20-12)17-9-5-7-2-3-8(9)4-7/h7-9H,2-6H2,1H3,(H,17,18,19)/t7-,8+,9+,12-/m1/s1. The summed E-state index contributed by atoms with van der Waals surface area (Å²) in [6.45, 7) is 1.34. The number of nitrogens with zero attached hydrogens (tertiary/aromatic N) is 1. The largest absolute Gasteiger partial charge is 0.390 e. The van der Waals surface area contributed by atoms with Gasteiger partial charge in [-0.1, -0.05) is 18.2 Å². The predicted molar refractivity (Wildman–Crippen MR) is 71.5 cm³/mol. The highest BCUT2D eigenvalue weighted by atomic mass is 32.2. The van der Waals surface area contributed by atoms with Crippen LogP contribution in [0.4, 0.5) is 13.2 Å². The summed E-state index contributed by atoms with van der Waals surface area (Å²) in [6.07, 6.45) is -0.866.